The number of sulfonamides is 1. The molecule has 0 fully saturated rings. The summed E-state index contributed by atoms with van der Waals surface area (Å²) in [5, 5.41) is 3.13. The van der Waals surface area contributed by atoms with Gasteiger partial charge in [0.2, 0.25) is 21.8 Å². The lowest BCUT2D eigenvalue weighted by Gasteiger charge is -2.33. The molecule has 11 heteroatoms. The molecule has 0 saturated heterocycles. The molecule has 0 saturated carbocycles. The largest absolute Gasteiger partial charge is 0.350 e. The Labute approximate surface area is 222 Å². The molecule has 0 bridgehead atoms. The zero-order chi connectivity index (χ0) is 26.6. The van der Waals surface area contributed by atoms with Crippen molar-refractivity contribution in [2.75, 3.05) is 23.7 Å². The van der Waals surface area contributed by atoms with E-state index in [1.165, 1.54) is 17.0 Å². The van der Waals surface area contributed by atoms with E-state index < -0.39 is 34.1 Å². The van der Waals surface area contributed by atoms with Gasteiger partial charge in [0.25, 0.3) is 0 Å². The minimum atomic E-state index is -3.94. The number of nitrogens with zero attached hydrogens (tertiary/aromatic N) is 2. The van der Waals surface area contributed by atoms with E-state index in [-0.39, 0.29) is 33.2 Å². The summed E-state index contributed by atoms with van der Waals surface area (Å²) in [5.41, 5.74) is 0.485. The predicted molar refractivity (Wildman–Crippen MR) is 143 cm³/mol. The van der Waals surface area contributed by atoms with Gasteiger partial charge in [-0.15, -0.1) is 0 Å². The first-order valence-electron chi connectivity index (χ1n) is 10.9. The highest BCUT2D eigenvalue weighted by Gasteiger charge is 2.32. The van der Waals surface area contributed by atoms with Gasteiger partial charge in [-0.05, 0) is 51.8 Å². The number of carbonyl (C=O) groups excluding carboxylic acids is 2. The molecule has 0 aliphatic rings. The zero-order valence-corrected chi connectivity index (χ0v) is 23.4. The Kier molecular flexibility index (Phi) is 9.87. The highest BCUT2D eigenvalue weighted by molar-refractivity contribution is 7.92. The Bertz CT molecular complexity index is 1170. The number of amides is 2. The second-order valence-electron chi connectivity index (χ2n) is 9.23. The Morgan fingerprint density at radius 3 is 2.11 bits per heavy atom. The normalized spacial score (nSPS) is 12.7. The van der Waals surface area contributed by atoms with E-state index in [1.54, 1.807) is 6.92 Å². The fourth-order valence-electron chi connectivity index (χ4n) is 3.34. The lowest BCUT2D eigenvalue weighted by atomic mass is 10.1. The number of rotatable bonds is 9. The summed E-state index contributed by atoms with van der Waals surface area (Å²) in [7, 11) is -3.94. The van der Waals surface area contributed by atoms with Crippen LogP contribution in [-0.2, 0) is 26.0 Å². The van der Waals surface area contributed by atoms with Crippen LogP contribution in [0.15, 0.2) is 42.5 Å². The fraction of sp³-hybridized carbons (Fsp3) is 0.417. The average Bonchev–Trinajstić information content (AvgIpc) is 2.73. The number of halogens is 3. The van der Waals surface area contributed by atoms with Crippen molar-refractivity contribution in [3.05, 3.63) is 63.1 Å². The smallest absolute Gasteiger partial charge is 0.244 e. The third kappa shape index (κ3) is 8.56. The molecule has 2 aromatic rings. The maximum absolute atomic E-state index is 13.5. The van der Waals surface area contributed by atoms with Gasteiger partial charge < -0.3 is 10.2 Å². The first kappa shape index (κ1) is 29.2. The molecule has 2 aromatic carbocycles. The van der Waals surface area contributed by atoms with Gasteiger partial charge >= 0.3 is 0 Å². The van der Waals surface area contributed by atoms with Crippen LogP contribution in [0.5, 0.6) is 0 Å². The van der Waals surface area contributed by atoms with Gasteiger partial charge in [-0.2, -0.15) is 0 Å². The van der Waals surface area contributed by atoms with Crippen LogP contribution in [0.1, 0.15) is 33.3 Å². The summed E-state index contributed by atoms with van der Waals surface area (Å²) in [5.74, 6) is -0.914. The monoisotopic (exact) mass is 561 g/mol. The van der Waals surface area contributed by atoms with E-state index in [0.717, 1.165) is 16.1 Å². The Morgan fingerprint density at radius 1 is 1.00 bits per heavy atom. The van der Waals surface area contributed by atoms with Crippen LogP contribution in [-0.4, -0.2) is 56.1 Å². The van der Waals surface area contributed by atoms with Crippen LogP contribution in [0.25, 0.3) is 0 Å². The second-order valence-corrected chi connectivity index (χ2v) is 12.4. The van der Waals surface area contributed by atoms with Gasteiger partial charge in [0.1, 0.15) is 12.6 Å². The standard InChI is InChI=1S/C24H30Cl3N3O4S/c1-16(23(32)28-24(2,3)4)29(12-11-17-9-7-6-8-10-17)22(31)15-30(35(5,33)34)21-14-19(26)18(25)13-20(21)27/h6-10,13-14,16H,11-12,15H2,1-5H3,(H,28,32). The topological polar surface area (TPSA) is 86.8 Å². The van der Waals surface area contributed by atoms with Crippen LogP contribution < -0.4 is 9.62 Å². The van der Waals surface area contributed by atoms with Crippen molar-refractivity contribution in [1.82, 2.24) is 10.2 Å². The van der Waals surface area contributed by atoms with Gasteiger partial charge in [0.15, 0.2) is 0 Å². The highest BCUT2D eigenvalue weighted by atomic mass is 35.5. The summed E-state index contributed by atoms with van der Waals surface area (Å²) in [4.78, 5) is 27.8. The molecule has 0 aliphatic carbocycles. The molecule has 192 valence electrons. The van der Waals surface area contributed by atoms with Crippen LogP contribution in [0.3, 0.4) is 0 Å². The number of hydrogen-bond donors (Lipinski definition) is 1. The molecule has 35 heavy (non-hydrogen) atoms. The lowest BCUT2D eigenvalue weighted by molar-refractivity contribution is -0.139. The molecule has 1 atom stereocenters. The number of hydrogen-bond acceptors (Lipinski definition) is 4. The van der Waals surface area contributed by atoms with Crippen molar-refractivity contribution in [1.29, 1.82) is 0 Å². The number of benzene rings is 2. The molecule has 0 aromatic heterocycles. The van der Waals surface area contributed by atoms with E-state index in [0.29, 0.717) is 6.42 Å². The molecule has 0 heterocycles. The van der Waals surface area contributed by atoms with Gasteiger partial charge in [-0.3, -0.25) is 13.9 Å². The summed E-state index contributed by atoms with van der Waals surface area (Å²) in [6.07, 6.45) is 1.44. The molecule has 2 amide bonds. The number of nitrogens with one attached hydrogen (secondary N) is 1. The average molecular weight is 563 g/mol. The van der Waals surface area contributed by atoms with Crippen LogP contribution in [0.2, 0.25) is 15.1 Å². The molecule has 0 spiro atoms. The molecule has 0 radical (unpaired) electrons. The van der Waals surface area contributed by atoms with E-state index in [2.05, 4.69) is 5.32 Å². The van der Waals surface area contributed by atoms with Gasteiger partial charge in [0, 0.05) is 12.1 Å². The van der Waals surface area contributed by atoms with Crippen LogP contribution in [0, 0.1) is 0 Å². The van der Waals surface area contributed by atoms with Crippen molar-refractivity contribution in [3.8, 4) is 0 Å². The van der Waals surface area contributed by atoms with Crippen LogP contribution in [0.4, 0.5) is 5.69 Å². The van der Waals surface area contributed by atoms with Crippen molar-refractivity contribution >= 4 is 62.3 Å². The molecule has 0 aliphatic heterocycles. The summed E-state index contributed by atoms with van der Waals surface area (Å²) in [6.45, 7) is 6.76. The lowest BCUT2D eigenvalue weighted by Crippen LogP contribution is -2.55. The van der Waals surface area contributed by atoms with Gasteiger partial charge in [0.05, 0.1) is 27.0 Å². The molecule has 2 rings (SSSR count). The zero-order valence-electron chi connectivity index (χ0n) is 20.3. The third-order valence-electron chi connectivity index (χ3n) is 5.09. The SMILES string of the molecule is CC(C(=O)NC(C)(C)C)N(CCc1ccccc1)C(=O)CN(c1cc(Cl)c(Cl)cc1Cl)S(C)(=O)=O. The van der Waals surface area contributed by atoms with Crippen molar-refractivity contribution in [2.24, 2.45) is 0 Å². The first-order chi connectivity index (χ1) is 16.1. The van der Waals surface area contributed by atoms with E-state index in [9.17, 15) is 18.0 Å². The highest BCUT2D eigenvalue weighted by Crippen LogP contribution is 2.35. The molecular weight excluding hydrogens is 533 g/mol. The Balaban J connectivity index is 2.40. The fourth-order valence-corrected chi connectivity index (χ4v) is 4.89. The summed E-state index contributed by atoms with van der Waals surface area (Å²) >= 11 is 18.3. The maximum Gasteiger partial charge on any atom is 0.244 e. The molecular formula is C24H30Cl3N3O4S. The predicted octanol–water partition coefficient (Wildman–Crippen LogP) is 4.79. The minimum absolute atomic E-state index is 0.0201. The Morgan fingerprint density at radius 2 is 1.57 bits per heavy atom. The quantitative estimate of drug-likeness (QED) is 0.445. The van der Waals surface area contributed by atoms with Gasteiger partial charge in [-0.1, -0.05) is 65.1 Å². The molecule has 1 unspecified atom stereocenters. The van der Waals surface area contributed by atoms with E-state index in [4.69, 9.17) is 34.8 Å². The van der Waals surface area contributed by atoms with E-state index >= 15 is 0 Å². The molecule has 1 N–H and O–H groups in total. The van der Waals surface area contributed by atoms with Crippen molar-refractivity contribution in [2.45, 2.75) is 45.7 Å². The first-order valence-corrected chi connectivity index (χ1v) is 13.9. The van der Waals surface area contributed by atoms with E-state index in [1.807, 2.05) is 51.1 Å². The van der Waals surface area contributed by atoms with Gasteiger partial charge in [-0.25, -0.2) is 8.42 Å². The number of anilines is 1. The van der Waals surface area contributed by atoms with Crippen molar-refractivity contribution < 1.29 is 18.0 Å². The second kappa shape index (κ2) is 11.8. The minimum Gasteiger partial charge on any atom is -0.350 e. The van der Waals surface area contributed by atoms with Crippen molar-refractivity contribution in [3.63, 3.8) is 0 Å². The third-order valence-corrected chi connectivity index (χ3v) is 7.24. The maximum atomic E-state index is 13.5. The summed E-state index contributed by atoms with van der Waals surface area (Å²) < 4.78 is 26.2. The molecule has 7 nitrogen and oxygen atoms in total. The number of carbonyl (C=O) groups is 2. The van der Waals surface area contributed by atoms with Crippen LogP contribution >= 0.6 is 34.8 Å². The Hall–Kier alpha value is -2.00. The summed E-state index contributed by atoms with van der Waals surface area (Å²) in [6, 6.07) is 11.2.